The van der Waals surface area contributed by atoms with Gasteiger partial charge in [0.15, 0.2) is 0 Å². The van der Waals surface area contributed by atoms with Crippen molar-refractivity contribution in [2.24, 2.45) is 0 Å². The summed E-state index contributed by atoms with van der Waals surface area (Å²) in [6, 6.07) is -2.70. The van der Waals surface area contributed by atoms with Gasteiger partial charge in [-0.15, -0.1) is 0 Å². The van der Waals surface area contributed by atoms with Crippen molar-refractivity contribution in [2.45, 2.75) is 50.2 Å². The Balaban J connectivity index is 2.59. The molecule has 0 aromatic rings. The standard InChI is InChI=1S/C17H28N4O7S/c1-29-8-6-11(16(26)21-12(17(27)28)4-5-14(23)24)20-13(22)9-19-15(25)10-3-2-7-18-10/h10-12,18H,2-9H2,1H3,(H,19,25)(H,20,22)(H,21,26)(H,23,24)(H,27,28). The average molecular weight is 432 g/mol. The Morgan fingerprint density at radius 2 is 1.83 bits per heavy atom. The van der Waals surface area contributed by atoms with E-state index in [-0.39, 0.29) is 31.3 Å². The highest BCUT2D eigenvalue weighted by molar-refractivity contribution is 7.98. The third kappa shape index (κ3) is 9.61. The van der Waals surface area contributed by atoms with Crippen molar-refractivity contribution in [3.05, 3.63) is 0 Å². The van der Waals surface area contributed by atoms with Gasteiger partial charge in [0.1, 0.15) is 12.1 Å². The number of carboxylic acid groups (broad SMARTS) is 2. The number of thioether (sulfide) groups is 1. The maximum Gasteiger partial charge on any atom is 0.326 e. The van der Waals surface area contributed by atoms with E-state index >= 15 is 0 Å². The minimum atomic E-state index is -1.37. The highest BCUT2D eigenvalue weighted by atomic mass is 32.2. The summed E-state index contributed by atoms with van der Waals surface area (Å²) in [4.78, 5) is 58.4. The van der Waals surface area contributed by atoms with E-state index in [2.05, 4.69) is 21.3 Å². The Labute approximate surface area is 172 Å². The van der Waals surface area contributed by atoms with Gasteiger partial charge < -0.3 is 31.5 Å². The molecule has 1 saturated heterocycles. The summed E-state index contributed by atoms with van der Waals surface area (Å²) in [5.41, 5.74) is 0. The van der Waals surface area contributed by atoms with Gasteiger partial charge in [-0.25, -0.2) is 4.79 Å². The largest absolute Gasteiger partial charge is 0.481 e. The topological polar surface area (TPSA) is 174 Å². The number of aliphatic carboxylic acids is 2. The first-order valence-electron chi connectivity index (χ1n) is 9.29. The molecule has 1 heterocycles. The molecule has 3 amide bonds. The highest BCUT2D eigenvalue weighted by Crippen LogP contribution is 2.05. The van der Waals surface area contributed by atoms with E-state index in [1.165, 1.54) is 11.8 Å². The van der Waals surface area contributed by atoms with E-state index in [9.17, 15) is 29.1 Å². The Morgan fingerprint density at radius 3 is 2.38 bits per heavy atom. The molecule has 3 atom stereocenters. The zero-order valence-electron chi connectivity index (χ0n) is 16.2. The Bertz CT molecular complexity index is 611. The molecule has 164 valence electrons. The molecule has 12 heteroatoms. The molecule has 1 rings (SSSR count). The van der Waals surface area contributed by atoms with Crippen LogP contribution in [0.3, 0.4) is 0 Å². The Morgan fingerprint density at radius 1 is 1.10 bits per heavy atom. The Kier molecular flexibility index (Phi) is 11.1. The molecule has 11 nitrogen and oxygen atoms in total. The fourth-order valence-corrected chi connectivity index (χ4v) is 3.22. The number of hydrogen-bond donors (Lipinski definition) is 6. The molecule has 0 radical (unpaired) electrons. The van der Waals surface area contributed by atoms with Crippen molar-refractivity contribution >= 4 is 41.4 Å². The van der Waals surface area contributed by atoms with Gasteiger partial charge in [-0.3, -0.25) is 19.2 Å². The molecule has 1 fully saturated rings. The summed E-state index contributed by atoms with van der Waals surface area (Å²) in [5.74, 6) is -3.58. The molecule has 0 aromatic carbocycles. The summed E-state index contributed by atoms with van der Waals surface area (Å²) in [7, 11) is 0. The number of carbonyl (C=O) groups is 5. The number of rotatable bonds is 13. The maximum atomic E-state index is 12.4. The number of amides is 3. The van der Waals surface area contributed by atoms with Crippen LogP contribution in [0.15, 0.2) is 0 Å². The number of carboxylic acids is 2. The van der Waals surface area contributed by atoms with Crippen LogP contribution in [0.2, 0.25) is 0 Å². The average Bonchev–Trinajstić information content (AvgIpc) is 3.20. The molecule has 1 aliphatic heterocycles. The lowest BCUT2D eigenvalue weighted by Crippen LogP contribution is -2.54. The molecule has 6 N–H and O–H groups in total. The van der Waals surface area contributed by atoms with Crippen LogP contribution >= 0.6 is 11.8 Å². The number of nitrogens with one attached hydrogen (secondary N) is 4. The molecule has 0 saturated carbocycles. The molecule has 1 aliphatic rings. The van der Waals surface area contributed by atoms with E-state index in [1.807, 2.05) is 6.26 Å². The van der Waals surface area contributed by atoms with Crippen LogP contribution in [0, 0.1) is 0 Å². The zero-order chi connectivity index (χ0) is 21.8. The van der Waals surface area contributed by atoms with Crippen LogP contribution in [-0.4, -0.2) is 83.1 Å². The SMILES string of the molecule is CSCCC(NC(=O)CNC(=O)C1CCCN1)C(=O)NC(CCC(=O)O)C(=O)O. The lowest BCUT2D eigenvalue weighted by atomic mass is 10.1. The molecule has 3 unspecified atom stereocenters. The predicted octanol–water partition coefficient (Wildman–Crippen LogP) is -1.47. The van der Waals surface area contributed by atoms with Gasteiger partial charge in [-0.2, -0.15) is 11.8 Å². The van der Waals surface area contributed by atoms with Crippen LogP contribution in [0.25, 0.3) is 0 Å². The van der Waals surface area contributed by atoms with Crippen LogP contribution < -0.4 is 21.3 Å². The van der Waals surface area contributed by atoms with Crippen molar-refractivity contribution in [1.82, 2.24) is 21.3 Å². The minimum Gasteiger partial charge on any atom is -0.481 e. The van der Waals surface area contributed by atoms with Crippen LogP contribution in [0.4, 0.5) is 0 Å². The third-order valence-corrected chi connectivity index (χ3v) is 4.97. The first-order valence-corrected chi connectivity index (χ1v) is 10.7. The van der Waals surface area contributed by atoms with E-state index in [0.29, 0.717) is 12.2 Å². The van der Waals surface area contributed by atoms with Crippen molar-refractivity contribution in [1.29, 1.82) is 0 Å². The lowest BCUT2D eigenvalue weighted by Gasteiger charge is -2.21. The summed E-state index contributed by atoms with van der Waals surface area (Å²) < 4.78 is 0. The van der Waals surface area contributed by atoms with Crippen LogP contribution in [0.5, 0.6) is 0 Å². The molecular formula is C17H28N4O7S. The van der Waals surface area contributed by atoms with Crippen molar-refractivity contribution in [3.63, 3.8) is 0 Å². The van der Waals surface area contributed by atoms with Crippen molar-refractivity contribution < 1.29 is 34.2 Å². The smallest absolute Gasteiger partial charge is 0.326 e. The second-order valence-electron chi connectivity index (χ2n) is 6.60. The van der Waals surface area contributed by atoms with Gasteiger partial charge in [0.2, 0.25) is 17.7 Å². The molecule has 29 heavy (non-hydrogen) atoms. The maximum absolute atomic E-state index is 12.4. The summed E-state index contributed by atoms with van der Waals surface area (Å²) in [6.07, 6.45) is 2.96. The first-order chi connectivity index (χ1) is 13.7. The van der Waals surface area contributed by atoms with Crippen molar-refractivity contribution in [3.8, 4) is 0 Å². The van der Waals surface area contributed by atoms with Gasteiger partial charge in [0.05, 0.1) is 12.6 Å². The van der Waals surface area contributed by atoms with Crippen LogP contribution in [0.1, 0.15) is 32.1 Å². The normalized spacial score (nSPS) is 17.8. The molecule has 0 aliphatic carbocycles. The van der Waals surface area contributed by atoms with E-state index < -0.39 is 42.3 Å². The van der Waals surface area contributed by atoms with E-state index in [4.69, 9.17) is 5.11 Å². The molecule has 0 bridgehead atoms. The predicted molar refractivity (Wildman–Crippen MR) is 105 cm³/mol. The third-order valence-electron chi connectivity index (χ3n) is 4.32. The van der Waals surface area contributed by atoms with Gasteiger partial charge in [0.25, 0.3) is 0 Å². The fourth-order valence-electron chi connectivity index (χ4n) is 2.75. The molecular weight excluding hydrogens is 404 g/mol. The second kappa shape index (κ2) is 13.0. The van der Waals surface area contributed by atoms with Gasteiger partial charge >= 0.3 is 11.9 Å². The van der Waals surface area contributed by atoms with Crippen molar-refractivity contribution in [2.75, 3.05) is 25.1 Å². The summed E-state index contributed by atoms with van der Waals surface area (Å²) >= 11 is 1.45. The number of carbonyl (C=O) groups excluding carboxylic acids is 3. The van der Waals surface area contributed by atoms with E-state index in [1.54, 1.807) is 0 Å². The zero-order valence-corrected chi connectivity index (χ0v) is 17.0. The van der Waals surface area contributed by atoms with Gasteiger partial charge in [-0.05, 0) is 44.2 Å². The van der Waals surface area contributed by atoms with Crippen LogP contribution in [-0.2, 0) is 24.0 Å². The first kappa shape index (κ1) is 24.7. The molecule has 0 aromatic heterocycles. The minimum absolute atomic E-state index is 0.252. The van der Waals surface area contributed by atoms with E-state index in [0.717, 1.165) is 13.0 Å². The van der Waals surface area contributed by atoms with Gasteiger partial charge in [0, 0.05) is 6.42 Å². The second-order valence-corrected chi connectivity index (χ2v) is 7.59. The summed E-state index contributed by atoms with van der Waals surface area (Å²) in [5, 5.41) is 28.2. The molecule has 0 spiro atoms. The quantitative estimate of drug-likeness (QED) is 0.203. The number of hydrogen-bond acceptors (Lipinski definition) is 7. The lowest BCUT2D eigenvalue weighted by molar-refractivity contribution is -0.143. The summed E-state index contributed by atoms with van der Waals surface area (Å²) in [6.45, 7) is 0.440. The van der Waals surface area contributed by atoms with Gasteiger partial charge in [-0.1, -0.05) is 0 Å². The fraction of sp³-hybridized carbons (Fsp3) is 0.706. The highest BCUT2D eigenvalue weighted by Gasteiger charge is 2.27. The Hall–Kier alpha value is -2.34. The monoisotopic (exact) mass is 432 g/mol.